The molecule has 5 aliphatic heterocycles. The summed E-state index contributed by atoms with van der Waals surface area (Å²) in [6, 6.07) is 0.182. The molecule has 15 rings (SSSR count). The van der Waals surface area contributed by atoms with E-state index in [0.29, 0.717) is 141 Å². The molecule has 0 aliphatic carbocycles. The van der Waals surface area contributed by atoms with Crippen molar-refractivity contribution in [2.75, 3.05) is 152 Å². The lowest BCUT2D eigenvalue weighted by Crippen LogP contribution is -2.31. The molecule has 0 spiro atoms. The summed E-state index contributed by atoms with van der Waals surface area (Å²) in [7, 11) is 1.50. The average Bonchev–Trinajstić information content (AvgIpc) is 1.63. The SMILES string of the molecule is C=P(C)(C)CC[C@H]1OC(n2cnc3c(N)nc(C)nc32)[C@H](O)[C@@H]1O.C=P(C)(C)CC[C@H]1OC(n2cnc3c(N)nc(C)nc32)[C@H](O)[C@@H]1O.C=P(C)(C)CC[C@H]1OC(n2cnc3c(N)nc(CCCC)nc32)[C@H](O)[C@@H]1O.C=P(C)(C)CC[C@H]1OC(n2cnc3c(NC/C=C(/C)CC)nc(SC)nc32)[C@H](O)[C@@H]1O.C=P(C)(C)CC[C@H]1O[C@@H](n2cnc3c(NC/C=C(/C)CC)nc(OC)nc32)[C@H](O)[C@@H]1O. The van der Waals surface area contributed by atoms with Crippen molar-refractivity contribution in [3.63, 3.8) is 0 Å². The fourth-order valence-corrected chi connectivity index (χ4v) is 21.1. The number of aliphatic hydroxyl groups is 10. The van der Waals surface area contributed by atoms with Gasteiger partial charge < -0.3 is 107 Å². The van der Waals surface area contributed by atoms with Gasteiger partial charge in [0.15, 0.2) is 105 Å². The molecule has 47 heteroatoms. The number of thioether (sulfide) groups is 1. The lowest BCUT2D eigenvalue weighted by molar-refractivity contribution is -0.0353. The van der Waals surface area contributed by atoms with Crippen molar-refractivity contribution in [3.8, 4) is 6.01 Å². The smallest absolute Gasteiger partial charge is 0.320 e. The number of rotatable bonds is 33. The van der Waals surface area contributed by atoms with Crippen molar-refractivity contribution in [2.45, 2.75) is 241 Å². The summed E-state index contributed by atoms with van der Waals surface area (Å²) in [5.41, 5.74) is 25.4. The van der Waals surface area contributed by atoms with Crippen LogP contribution < -0.4 is 32.6 Å². The quantitative estimate of drug-likeness (QED) is 0.00810. The van der Waals surface area contributed by atoms with Crippen LogP contribution in [0.25, 0.3) is 55.8 Å². The molecule has 15 heterocycles. The molecule has 758 valence electrons. The number of nitrogens with zero attached hydrogens (tertiary/aromatic N) is 20. The van der Waals surface area contributed by atoms with Gasteiger partial charge in [0.1, 0.15) is 95.1 Å². The number of ether oxygens (including phenoxy) is 6. The second-order valence-electron chi connectivity index (χ2n) is 39.2. The number of unbranched alkanes of at least 4 members (excludes halogenated alkanes) is 1. The molecule has 0 amide bonds. The predicted octanol–water partition coefficient (Wildman–Crippen LogP) is 7.70. The summed E-state index contributed by atoms with van der Waals surface area (Å²) in [6.45, 7) is 30.4. The lowest BCUT2D eigenvalue weighted by Gasteiger charge is -2.18. The molecule has 10 aromatic rings. The first kappa shape index (κ1) is 110. The number of aliphatic hydroxyl groups excluding tert-OH is 10. The van der Waals surface area contributed by atoms with E-state index in [0.717, 1.165) is 62.9 Å². The number of hydrogen-bond acceptors (Lipinski definition) is 37. The molecule has 5 aliphatic rings. The van der Waals surface area contributed by atoms with Gasteiger partial charge in [0.25, 0.3) is 0 Å². The molecule has 10 aromatic heterocycles. The van der Waals surface area contributed by atoms with E-state index in [-0.39, 0.29) is 17.6 Å². The Bertz CT molecular complexity index is 5820. The third-order valence-corrected chi connectivity index (χ3v) is 32.1. The van der Waals surface area contributed by atoms with Gasteiger partial charge in [-0.25, -0.2) is 64.8 Å². The highest BCUT2D eigenvalue weighted by atomic mass is 32.2. The largest absolute Gasteiger partial charge is 0.467 e. The molecule has 41 nitrogen and oxygen atoms in total. The van der Waals surface area contributed by atoms with E-state index in [1.807, 2.05) is 6.26 Å². The van der Waals surface area contributed by atoms with E-state index >= 15 is 0 Å². The average molecular weight is 2020 g/mol. The number of nitrogens with one attached hydrogen (secondary N) is 2. The van der Waals surface area contributed by atoms with E-state index < -0.39 is 157 Å². The van der Waals surface area contributed by atoms with Crippen LogP contribution in [0, 0.1) is 13.8 Å². The summed E-state index contributed by atoms with van der Waals surface area (Å²) in [5.74, 6) is 3.73. The Morgan fingerprint density at radius 2 is 0.679 bits per heavy atom. The number of aryl methyl sites for hydroxylation is 3. The van der Waals surface area contributed by atoms with Gasteiger partial charge >= 0.3 is 6.01 Å². The van der Waals surface area contributed by atoms with Gasteiger partial charge in [-0.1, -0.05) is 62.3 Å². The van der Waals surface area contributed by atoms with Crippen LogP contribution in [0.4, 0.5) is 29.1 Å². The molecule has 0 bridgehead atoms. The van der Waals surface area contributed by atoms with Gasteiger partial charge in [-0.15, -0.1) is 65.9 Å². The first-order chi connectivity index (χ1) is 64.3. The van der Waals surface area contributed by atoms with Crippen molar-refractivity contribution in [1.82, 2.24) is 97.6 Å². The zero-order chi connectivity index (χ0) is 101. The highest BCUT2D eigenvalue weighted by Gasteiger charge is 2.50. The standard InChI is InChI=1S/C21H34N5O4P.C21H34N5O3PS.C18H30N5O3P.2C15H24N5O3P/c1-7-13(2)8-10-22-18-15-19(25-21(24-18)29-3)26(12-23-15)20-17(28)16(27)14(30-20)9-11-31(4,5)6;1-7-13(2)8-10-22-18-15-19(25-21(24-18)31-6)26(12-23-15)20-17(28)16(27)14(29-20)9-11-30(3,4)5;1-5-6-7-12-21-16(19)13-17(22-12)23(10-20-13)18-15(25)14(24)11(26-18)8-9-27(2,3)4;2*1-8-18-13(16)10-14(19-8)20(7-17-10)15-12(22)11(21)9(23-15)5-6-24(2,3)4/h8,12,14,16-17,20,27-28H,4,7,9-11H2,1-3,5-6H3,(H,22,24,25);8,12,14,16-17,20,27-28H,3,7,9-11H2,1-2,4-6H3,(H,22,24,25);10-11,14-15,18,24-25H,2,5-9H2,1,3-4H3,(H2,19,21,22);2*7,9,11-12,15,21-22H,2,5-6H2,1,3-4H3,(H2,16,18,19)/b2*13-8-;;;/t14-,16-,17-,20-;14-,16-,17-,20?;11-,14-,15-,18?;2*9-,11-,12-,15?/m11111/s1. The maximum Gasteiger partial charge on any atom is 0.320 e. The molecule has 137 heavy (non-hydrogen) atoms. The first-order valence-electron chi connectivity index (χ1n) is 46.1. The molecule has 5 fully saturated rings. The van der Waals surface area contributed by atoms with Gasteiger partial charge in [0.05, 0.1) is 69.3 Å². The topological polar surface area (TPSA) is 578 Å². The van der Waals surface area contributed by atoms with Crippen LogP contribution in [0.3, 0.4) is 0 Å². The van der Waals surface area contributed by atoms with Crippen LogP contribution in [-0.2, 0) is 30.1 Å². The molecule has 4 unspecified atom stereocenters. The highest BCUT2D eigenvalue weighted by Crippen LogP contribution is 2.47. The number of nitrogen functional groups attached to an aromatic ring is 3. The van der Waals surface area contributed by atoms with Gasteiger partial charge in [0, 0.05) is 19.5 Å². The maximum atomic E-state index is 10.7. The zero-order valence-corrected chi connectivity index (χ0v) is 87.7. The van der Waals surface area contributed by atoms with E-state index in [4.69, 9.17) is 45.6 Å². The summed E-state index contributed by atoms with van der Waals surface area (Å²) >= 11 is 1.43. The molecule has 0 radical (unpaired) electrons. The Labute approximate surface area is 805 Å². The molecular formula is C90H146N25O16P5S. The summed E-state index contributed by atoms with van der Waals surface area (Å²) in [6.07, 6.45) is 31.0. The second-order valence-corrected chi connectivity index (χ2v) is 61.6. The Hall–Kier alpha value is -7.72. The number of fused-ring (bicyclic) bond motifs is 5. The Balaban J connectivity index is 0.000000165. The summed E-state index contributed by atoms with van der Waals surface area (Å²) in [4.78, 5) is 65.4. The molecule has 5 saturated heterocycles. The number of methoxy groups -OCH3 is 1. The van der Waals surface area contributed by atoms with Crippen molar-refractivity contribution in [1.29, 1.82) is 0 Å². The van der Waals surface area contributed by atoms with E-state index in [1.165, 1.54) is 42.7 Å². The fourth-order valence-electron chi connectivity index (χ4n) is 16.0. The number of nitrogens with two attached hydrogens (primary N) is 3. The van der Waals surface area contributed by atoms with Crippen molar-refractivity contribution in [3.05, 3.63) is 72.4 Å². The Kier molecular flexibility index (Phi) is 37.3. The van der Waals surface area contributed by atoms with Gasteiger partial charge in [-0.05, 0) is 183 Å². The Morgan fingerprint density at radius 3 is 0.964 bits per heavy atom. The summed E-state index contributed by atoms with van der Waals surface area (Å²) in [5, 5.41) is 112. The van der Waals surface area contributed by atoms with E-state index in [9.17, 15) is 51.1 Å². The van der Waals surface area contributed by atoms with Crippen LogP contribution in [0.2, 0.25) is 0 Å². The predicted molar refractivity (Wildman–Crippen MR) is 558 cm³/mol. The van der Waals surface area contributed by atoms with Gasteiger partial charge in [-0.3, -0.25) is 22.8 Å². The minimum absolute atomic E-state index is 0.182. The Morgan fingerprint density at radius 1 is 0.401 bits per heavy atom. The van der Waals surface area contributed by atoms with Crippen molar-refractivity contribution in [2.24, 2.45) is 0 Å². The van der Waals surface area contributed by atoms with E-state index in [1.54, 1.807) is 55.7 Å². The van der Waals surface area contributed by atoms with Crippen molar-refractivity contribution < 1.29 is 79.5 Å². The lowest BCUT2D eigenvalue weighted by atomic mass is 10.1. The monoisotopic (exact) mass is 2020 g/mol. The van der Waals surface area contributed by atoms with E-state index in [2.05, 4.69) is 230 Å². The van der Waals surface area contributed by atoms with Crippen molar-refractivity contribution >= 4 is 163 Å². The molecule has 0 aromatic carbocycles. The first-order valence-corrected chi connectivity index (χ1v) is 62.6. The van der Waals surface area contributed by atoms with Crippen LogP contribution in [0.5, 0.6) is 6.01 Å². The third-order valence-electron chi connectivity index (χ3n) is 24.2. The van der Waals surface area contributed by atoms with Crippen LogP contribution in [0.1, 0.15) is 141 Å². The number of anilines is 5. The number of aromatic nitrogens is 20. The zero-order valence-electron chi connectivity index (χ0n) is 82.4. The molecule has 0 saturated carbocycles. The number of hydrogen-bond donors (Lipinski definition) is 15. The van der Waals surface area contributed by atoms with Gasteiger partial charge in [0.2, 0.25) is 0 Å². The maximum absolute atomic E-state index is 10.7. The second kappa shape index (κ2) is 46.6. The molecule has 20 atom stereocenters. The minimum atomic E-state index is -1.26. The van der Waals surface area contributed by atoms with Crippen LogP contribution >= 0.6 is 46.2 Å². The molecular weight excluding hydrogens is 1870 g/mol. The minimum Gasteiger partial charge on any atom is -0.467 e. The fraction of sp³-hybridized carbons (Fsp3) is 0.622. The molecule has 18 N–H and O–H groups in total. The highest BCUT2D eigenvalue weighted by molar-refractivity contribution is 7.98. The number of imidazole rings is 5. The normalized spacial score (nSPS) is 26.1. The van der Waals surface area contributed by atoms with Gasteiger partial charge in [-0.2, -0.15) is 9.97 Å². The third kappa shape index (κ3) is 27.8. The summed E-state index contributed by atoms with van der Waals surface area (Å²) < 4.78 is 43.5. The number of allylic oxidation sites excluding steroid dienone is 2. The van der Waals surface area contributed by atoms with Crippen LogP contribution in [0.15, 0.2) is 60.1 Å². The van der Waals surface area contributed by atoms with Crippen LogP contribution in [-0.4, -0.2) is 396 Å².